The average Bonchev–Trinajstić information content (AvgIpc) is 1.64. The number of aliphatic hydroxyl groups is 1. The van der Waals surface area contributed by atoms with Crippen LogP contribution in [-0.4, -0.2) is 77.0 Å². The molecule has 4 aliphatic heterocycles. The van der Waals surface area contributed by atoms with Crippen LogP contribution in [0.3, 0.4) is 0 Å². The van der Waals surface area contributed by atoms with E-state index in [1.165, 1.54) is 34.1 Å². The quantitative estimate of drug-likeness (QED) is 0.0192. The Kier molecular flexibility index (Phi) is 35.2. The molecule has 4 saturated heterocycles. The van der Waals surface area contributed by atoms with Gasteiger partial charge < -0.3 is 43.7 Å². The Labute approximate surface area is 832 Å². The fourth-order valence-electron chi connectivity index (χ4n) is 17.2. The lowest BCUT2D eigenvalue weighted by molar-refractivity contribution is -0.138. The van der Waals surface area contributed by atoms with E-state index in [9.17, 15) is 93.8 Å². The Hall–Kier alpha value is -12.4. The van der Waals surface area contributed by atoms with Gasteiger partial charge in [0.25, 0.3) is 10.1 Å². The number of halogens is 16. The first-order chi connectivity index (χ1) is 67.3. The van der Waals surface area contributed by atoms with Gasteiger partial charge in [0.05, 0.1) is 59.3 Å². The summed E-state index contributed by atoms with van der Waals surface area (Å²) in [5, 5.41) is 11.5. The Bertz CT molecular complexity index is 6600. The van der Waals surface area contributed by atoms with Crippen LogP contribution in [0.4, 0.5) is 75.4 Å². The molecule has 16 rings (SSSR count). The van der Waals surface area contributed by atoms with E-state index < -0.39 is 103 Å². The number of carbonyl (C=O) groups is 4. The topological polar surface area (TPSA) is 216 Å². The smallest absolute Gasteiger partial charge is 0.416 e. The van der Waals surface area contributed by atoms with E-state index in [1.54, 1.807) is 234 Å². The van der Waals surface area contributed by atoms with E-state index in [1.807, 2.05) is 0 Å². The van der Waals surface area contributed by atoms with E-state index in [-0.39, 0.29) is 67.3 Å². The van der Waals surface area contributed by atoms with Crippen molar-refractivity contribution in [3.63, 3.8) is 0 Å². The van der Waals surface area contributed by atoms with E-state index >= 15 is 0 Å². The highest BCUT2D eigenvalue weighted by Gasteiger charge is 2.47. The molecular formula is C106H94Cl4F12N4O14S2. The number of allylic oxidation sites excluding steroid dienone is 1. The van der Waals surface area contributed by atoms with E-state index in [2.05, 4.69) is 6.58 Å². The third kappa shape index (κ3) is 29.0. The molecule has 36 heteroatoms. The van der Waals surface area contributed by atoms with Crippen LogP contribution in [-0.2, 0) is 68.0 Å². The second kappa shape index (κ2) is 46.8. The molecule has 1 N–H and O–H groups in total. The molecule has 4 fully saturated rings. The molecule has 4 heterocycles. The zero-order valence-electron chi connectivity index (χ0n) is 75.9. The zero-order valence-corrected chi connectivity index (χ0v) is 80.6. The lowest BCUT2D eigenvalue weighted by atomic mass is 9.95. The highest BCUT2D eigenvalue weighted by atomic mass is 35.5. The molecule has 18 nitrogen and oxygen atoms in total. The Morgan fingerprint density at radius 2 is 0.563 bits per heavy atom. The molecule has 0 spiro atoms. The number of sulfone groups is 1. The lowest BCUT2D eigenvalue weighted by Crippen LogP contribution is -2.29. The number of hydrogen-bond acceptors (Lipinski definition) is 14. The monoisotopic (exact) mass is 2080 g/mol. The van der Waals surface area contributed by atoms with Crippen LogP contribution >= 0.6 is 46.4 Å². The highest BCUT2D eigenvalue weighted by Crippen LogP contribution is 2.50. The summed E-state index contributed by atoms with van der Waals surface area (Å²) < 4.78 is 234. The van der Waals surface area contributed by atoms with Crippen molar-refractivity contribution >= 4 is 113 Å². The van der Waals surface area contributed by atoms with Crippen molar-refractivity contribution in [1.29, 1.82) is 0 Å². The second-order valence-corrected chi connectivity index (χ2v) is 39.8. The Morgan fingerprint density at radius 1 is 0.338 bits per heavy atom. The van der Waals surface area contributed by atoms with Gasteiger partial charge in [0.1, 0.15) is 55.8 Å². The predicted molar refractivity (Wildman–Crippen MR) is 521 cm³/mol. The molecule has 142 heavy (non-hydrogen) atoms. The normalized spacial score (nSPS) is 18.3. The minimum absolute atomic E-state index is 0.0469. The fraction of sp³-hybridized carbons (Fsp3) is 0.264. The number of carbonyl (C=O) groups excluding carboxylic acids is 4. The van der Waals surface area contributed by atoms with Crippen molar-refractivity contribution in [2.24, 2.45) is 23.7 Å². The van der Waals surface area contributed by atoms with Crippen LogP contribution in [0.5, 0.6) is 46.0 Å². The van der Waals surface area contributed by atoms with Crippen molar-refractivity contribution in [2.75, 3.05) is 51.1 Å². The third-order valence-electron chi connectivity index (χ3n) is 23.9. The van der Waals surface area contributed by atoms with Gasteiger partial charge in [0.2, 0.25) is 23.6 Å². The van der Waals surface area contributed by atoms with Crippen molar-refractivity contribution in [2.45, 2.75) is 120 Å². The van der Waals surface area contributed by atoms with Crippen molar-refractivity contribution < 1.29 is 117 Å². The number of hydrogen-bond donors (Lipinski definition) is 1. The van der Waals surface area contributed by atoms with Gasteiger partial charge in [0, 0.05) is 85.1 Å². The van der Waals surface area contributed by atoms with Crippen LogP contribution in [0.1, 0.15) is 139 Å². The maximum Gasteiger partial charge on any atom is 0.416 e. The Morgan fingerprint density at radius 3 is 0.789 bits per heavy atom. The van der Waals surface area contributed by atoms with Crippen LogP contribution in [0.15, 0.2) is 304 Å². The molecule has 0 aliphatic carbocycles. The molecule has 0 unspecified atom stereocenters. The van der Waals surface area contributed by atoms with Gasteiger partial charge in [-0.1, -0.05) is 101 Å². The lowest BCUT2D eigenvalue weighted by Gasteiger charge is -2.26. The van der Waals surface area contributed by atoms with Gasteiger partial charge in [-0.2, -0.15) is 61.1 Å². The van der Waals surface area contributed by atoms with Gasteiger partial charge in [-0.15, -0.1) is 6.58 Å². The molecule has 12 aromatic rings. The van der Waals surface area contributed by atoms with Crippen molar-refractivity contribution in [3.8, 4) is 46.0 Å². The zero-order chi connectivity index (χ0) is 102. The molecule has 4 amide bonds. The number of alkyl halides is 12. The SMILES string of the molecule is C=CC[C@H]1C[C@H](c2cccc(C(F)(F)F)c2)N(c2ccc(Oc3ccc(Cl)cc3)cc2)C1=O.CS(=O)(=O)CCC[C@H]1C[C@H](c2cccc(C(F)(F)F)c2)N(c2ccc(Oc3ccc(Cl)cc3)cc2)C1=O.CS(=O)(=O)OCCC[C@H]1C[C@H](c2cccc(C(F)(F)F)c2)N(c2ccc(Oc3ccc(Cl)cc3)cc2)C1=O.O=C1[C@@H](CCCO)C[C@H](c2cccc(C(F)(F)F)c2)N1c1ccc(Oc2ccc(Cl)cc2)cc1. The number of amides is 4. The molecule has 746 valence electrons. The summed E-state index contributed by atoms with van der Waals surface area (Å²) in [6.45, 7) is 3.59. The number of rotatable bonds is 30. The Balaban J connectivity index is 0.000000159. The molecule has 0 radical (unpaired) electrons. The fourth-order valence-corrected chi connectivity index (χ4v) is 18.8. The summed E-state index contributed by atoms with van der Waals surface area (Å²) in [5.74, 6) is 1.88. The number of nitrogens with zero attached hydrogens (tertiary/aromatic N) is 4. The van der Waals surface area contributed by atoms with Crippen LogP contribution in [0.2, 0.25) is 20.1 Å². The second-order valence-electron chi connectivity index (χ2n) is 34.1. The van der Waals surface area contributed by atoms with Crippen molar-refractivity contribution in [1.82, 2.24) is 0 Å². The van der Waals surface area contributed by atoms with Gasteiger partial charge in [0.15, 0.2) is 0 Å². The van der Waals surface area contributed by atoms with Crippen LogP contribution < -0.4 is 38.5 Å². The summed E-state index contributed by atoms with van der Waals surface area (Å²) in [6.07, 6.45) is -10.2. The third-order valence-corrected chi connectivity index (χ3v) is 26.5. The summed E-state index contributed by atoms with van der Waals surface area (Å²) in [4.78, 5) is 59.5. The minimum atomic E-state index is -4.52. The number of aliphatic hydroxyl groups excluding tert-OH is 1. The van der Waals surface area contributed by atoms with E-state index in [0.717, 1.165) is 61.0 Å². The molecular weight excluding hydrogens is 1990 g/mol. The molecule has 0 bridgehead atoms. The van der Waals surface area contributed by atoms with Crippen LogP contribution in [0.25, 0.3) is 0 Å². The number of benzene rings is 12. The largest absolute Gasteiger partial charge is 0.457 e. The molecule has 12 aromatic carbocycles. The van der Waals surface area contributed by atoms with Gasteiger partial charge in [-0.3, -0.25) is 23.4 Å². The van der Waals surface area contributed by atoms with Gasteiger partial charge in [-0.25, -0.2) is 8.42 Å². The number of anilines is 4. The van der Waals surface area contributed by atoms with E-state index in [0.29, 0.717) is 169 Å². The molecule has 0 saturated carbocycles. The summed E-state index contributed by atoms with van der Waals surface area (Å²) >= 11 is 23.6. The first-order valence-electron chi connectivity index (χ1n) is 44.7. The summed E-state index contributed by atoms with van der Waals surface area (Å²) in [5.41, 5.74) is 0.747. The van der Waals surface area contributed by atoms with E-state index in [4.69, 9.17) is 69.5 Å². The predicted octanol–water partition coefficient (Wildman–Crippen LogP) is 28.9. The maximum atomic E-state index is 13.5. The van der Waals surface area contributed by atoms with Gasteiger partial charge >= 0.3 is 24.7 Å². The van der Waals surface area contributed by atoms with Crippen molar-refractivity contribution in [3.05, 3.63) is 368 Å². The standard InChI is InChI=1S/C27H25ClF3NO5S.C27H25ClF3NO4S.C26H23ClF3NO3.C26H21ClF3NO2/c1-38(34,35)36-15-3-5-19-17-25(18-4-2-6-20(16-18)27(29,30)31)32(26(19)33)22-9-13-24(14-10-22)37-23-11-7-21(28)8-12-23;1-37(34,35)15-3-5-19-17-25(18-4-2-6-20(16-18)27(29,30)31)32(26(19)33)22-9-13-24(14-10-22)36-23-11-7-21(28)8-12-23;27-20-6-10-22(11-7-20)34-23-12-8-21(9-13-23)31-24(16-18(25(31)33)4-2-14-32)17-3-1-5-19(15-17)26(28,29)30;1-2-4-18-16-24(17-5-3-6-19(15-17)26(28,29)30)31(25(18)32)21-9-13-23(14-10-21)33-22-11-7-20(27)8-12-22/h2,4,6-14,16,19,25H,3,5,15,17H2,1H3;2,4,6-14,16,19,25H,3,5,15,17H2,1H3;1,3,5-13,15,18,24,32H,2,4,14,16H2;2-3,5-15,18,24H,1,4,16H2/t2*19-,25+;2*18-,24+/m0000/s1. The summed E-state index contributed by atoms with van der Waals surface area (Å²) in [6, 6.07) is 72.6. The first kappa shape index (κ1) is 107. The van der Waals surface area contributed by atoms with Gasteiger partial charge in [-0.05, 0) is 336 Å². The highest BCUT2D eigenvalue weighted by molar-refractivity contribution is 7.90. The van der Waals surface area contributed by atoms with Crippen LogP contribution in [0, 0.1) is 23.7 Å². The molecule has 8 atom stereocenters. The maximum absolute atomic E-state index is 13.5. The molecule has 4 aliphatic rings. The first-order valence-corrected chi connectivity index (χ1v) is 50.1. The minimum Gasteiger partial charge on any atom is -0.457 e. The number of ether oxygens (including phenoxy) is 4. The molecule has 0 aromatic heterocycles. The summed E-state index contributed by atoms with van der Waals surface area (Å²) in [7, 11) is -6.80. The average molecular weight is 2080 g/mol.